The molecule has 0 aliphatic rings. The van der Waals surface area contributed by atoms with Gasteiger partial charge in [-0.3, -0.25) is 4.72 Å². The smallest absolute Gasteiger partial charge is 0.371 e. The minimum absolute atomic E-state index is 0.167. The minimum atomic E-state index is -3.97. The maximum atomic E-state index is 12.3. The van der Waals surface area contributed by atoms with E-state index in [0.717, 1.165) is 11.6 Å². The van der Waals surface area contributed by atoms with E-state index in [1.165, 1.54) is 0 Å². The standard InChI is InChI=1S/C12H9Br2NO5S/c1-6-2-3-7(13)4-8(6)15-21(18,19)10-5-9(12(16)17)20-11(10)14/h2-5,15H,1H3,(H,16,17). The maximum absolute atomic E-state index is 12.3. The minimum Gasteiger partial charge on any atom is -0.475 e. The quantitative estimate of drug-likeness (QED) is 0.759. The molecule has 1 heterocycles. The van der Waals surface area contributed by atoms with Gasteiger partial charge in [0.05, 0.1) is 5.69 Å². The van der Waals surface area contributed by atoms with Gasteiger partial charge in [0.1, 0.15) is 4.90 Å². The summed E-state index contributed by atoms with van der Waals surface area (Å²) in [6, 6.07) is 6.08. The number of sulfonamides is 1. The summed E-state index contributed by atoms with van der Waals surface area (Å²) in [5.41, 5.74) is 1.11. The zero-order valence-electron chi connectivity index (χ0n) is 10.6. The molecule has 0 aliphatic carbocycles. The molecule has 0 saturated carbocycles. The third kappa shape index (κ3) is 3.47. The number of carboxylic acid groups (broad SMARTS) is 1. The number of furan rings is 1. The van der Waals surface area contributed by atoms with Crippen LogP contribution in [0.15, 0.2) is 42.7 Å². The van der Waals surface area contributed by atoms with Crippen LogP contribution in [0.5, 0.6) is 0 Å². The SMILES string of the molecule is Cc1ccc(Br)cc1NS(=O)(=O)c1cc(C(=O)O)oc1Br. The fraction of sp³-hybridized carbons (Fsp3) is 0.0833. The lowest BCUT2D eigenvalue weighted by Gasteiger charge is -2.09. The molecular weight excluding hydrogens is 430 g/mol. The molecule has 0 bridgehead atoms. The molecule has 2 rings (SSSR count). The van der Waals surface area contributed by atoms with E-state index in [4.69, 9.17) is 9.52 Å². The molecule has 0 aliphatic heterocycles. The van der Waals surface area contributed by atoms with Crippen molar-refractivity contribution >= 4 is 53.5 Å². The Balaban J connectivity index is 2.43. The van der Waals surface area contributed by atoms with Gasteiger partial charge < -0.3 is 9.52 Å². The van der Waals surface area contributed by atoms with Crippen LogP contribution in [0.25, 0.3) is 0 Å². The van der Waals surface area contributed by atoms with Gasteiger partial charge in [-0.05, 0) is 40.5 Å². The van der Waals surface area contributed by atoms with E-state index in [9.17, 15) is 13.2 Å². The molecule has 21 heavy (non-hydrogen) atoms. The number of nitrogens with one attached hydrogen (secondary N) is 1. The van der Waals surface area contributed by atoms with Gasteiger partial charge in [-0.15, -0.1) is 0 Å². The predicted molar refractivity (Wildman–Crippen MR) is 83.1 cm³/mol. The first-order valence-electron chi connectivity index (χ1n) is 5.52. The molecular formula is C12H9Br2NO5S. The number of benzene rings is 1. The number of anilines is 1. The van der Waals surface area contributed by atoms with Crippen LogP contribution in [-0.2, 0) is 10.0 Å². The summed E-state index contributed by atoms with van der Waals surface area (Å²) < 4.78 is 32.4. The fourth-order valence-corrected chi connectivity index (χ4v) is 3.97. The third-order valence-corrected chi connectivity index (χ3v) is 5.32. The Morgan fingerprint density at radius 3 is 2.52 bits per heavy atom. The van der Waals surface area contributed by atoms with Gasteiger partial charge in [-0.1, -0.05) is 22.0 Å². The van der Waals surface area contributed by atoms with Crippen LogP contribution >= 0.6 is 31.9 Å². The molecule has 0 fully saturated rings. The lowest BCUT2D eigenvalue weighted by Crippen LogP contribution is -2.13. The largest absolute Gasteiger partial charge is 0.475 e. The Morgan fingerprint density at radius 2 is 1.95 bits per heavy atom. The second-order valence-corrected chi connectivity index (χ2v) is 7.41. The lowest BCUT2D eigenvalue weighted by atomic mass is 10.2. The second kappa shape index (κ2) is 5.82. The van der Waals surface area contributed by atoms with E-state index in [1.54, 1.807) is 25.1 Å². The van der Waals surface area contributed by atoms with Gasteiger partial charge >= 0.3 is 5.97 Å². The molecule has 0 unspecified atom stereocenters. The van der Waals surface area contributed by atoms with Gasteiger partial charge in [0.25, 0.3) is 10.0 Å². The highest BCUT2D eigenvalue weighted by Gasteiger charge is 2.25. The van der Waals surface area contributed by atoms with Crippen LogP contribution in [-0.4, -0.2) is 19.5 Å². The van der Waals surface area contributed by atoms with Crippen molar-refractivity contribution in [3.8, 4) is 0 Å². The fourth-order valence-electron chi connectivity index (χ4n) is 1.54. The van der Waals surface area contributed by atoms with Crippen molar-refractivity contribution in [1.29, 1.82) is 0 Å². The Kier molecular flexibility index (Phi) is 4.45. The summed E-state index contributed by atoms with van der Waals surface area (Å²) >= 11 is 6.17. The number of carboxylic acids is 1. The monoisotopic (exact) mass is 437 g/mol. The molecule has 9 heteroatoms. The summed E-state index contributed by atoms with van der Waals surface area (Å²) in [4.78, 5) is 10.5. The average molecular weight is 439 g/mol. The van der Waals surface area contributed by atoms with Crippen LogP contribution in [0.1, 0.15) is 16.1 Å². The van der Waals surface area contributed by atoms with Gasteiger partial charge in [0.2, 0.25) is 5.76 Å². The van der Waals surface area contributed by atoms with Crippen molar-refractivity contribution in [3.05, 3.63) is 44.7 Å². The van der Waals surface area contributed by atoms with Gasteiger partial charge in [0, 0.05) is 10.5 Å². The maximum Gasteiger partial charge on any atom is 0.371 e. The highest BCUT2D eigenvalue weighted by atomic mass is 79.9. The van der Waals surface area contributed by atoms with Crippen molar-refractivity contribution in [2.24, 2.45) is 0 Å². The molecule has 1 aromatic carbocycles. The Labute approximate surface area is 137 Å². The van der Waals surface area contributed by atoms with E-state index in [-0.39, 0.29) is 9.56 Å². The van der Waals surface area contributed by atoms with Crippen molar-refractivity contribution < 1.29 is 22.7 Å². The molecule has 6 nitrogen and oxygen atoms in total. The Bertz CT molecular complexity index is 813. The van der Waals surface area contributed by atoms with Crippen LogP contribution in [0.3, 0.4) is 0 Å². The van der Waals surface area contributed by atoms with Crippen LogP contribution in [0, 0.1) is 6.92 Å². The Hall–Kier alpha value is -1.32. The topological polar surface area (TPSA) is 96.6 Å². The first kappa shape index (κ1) is 16.1. The summed E-state index contributed by atoms with van der Waals surface area (Å²) in [7, 11) is -3.97. The van der Waals surface area contributed by atoms with Gasteiger partial charge in [-0.2, -0.15) is 0 Å². The van der Waals surface area contributed by atoms with E-state index in [0.29, 0.717) is 10.2 Å². The predicted octanol–water partition coefficient (Wildman–Crippen LogP) is 3.61. The number of carbonyl (C=O) groups is 1. The summed E-state index contributed by atoms with van der Waals surface area (Å²) in [5, 5.41) is 8.82. The normalized spacial score (nSPS) is 11.4. The lowest BCUT2D eigenvalue weighted by molar-refractivity contribution is 0.0661. The van der Waals surface area contributed by atoms with Gasteiger partial charge in [-0.25, -0.2) is 13.2 Å². The van der Waals surface area contributed by atoms with Crippen molar-refractivity contribution in [2.45, 2.75) is 11.8 Å². The van der Waals surface area contributed by atoms with Crippen molar-refractivity contribution in [3.63, 3.8) is 0 Å². The van der Waals surface area contributed by atoms with Crippen molar-refractivity contribution in [2.75, 3.05) is 4.72 Å². The number of halogens is 2. The molecule has 2 aromatic rings. The summed E-state index contributed by atoms with van der Waals surface area (Å²) in [6.45, 7) is 1.75. The highest BCUT2D eigenvalue weighted by Crippen LogP contribution is 2.29. The number of aromatic carboxylic acids is 1. The molecule has 0 saturated heterocycles. The number of hydrogen-bond donors (Lipinski definition) is 2. The molecule has 112 valence electrons. The van der Waals surface area contributed by atoms with Crippen LogP contribution < -0.4 is 4.72 Å². The third-order valence-electron chi connectivity index (χ3n) is 2.60. The van der Waals surface area contributed by atoms with E-state index in [1.807, 2.05) is 0 Å². The van der Waals surface area contributed by atoms with Crippen LogP contribution in [0.4, 0.5) is 5.69 Å². The van der Waals surface area contributed by atoms with Crippen LogP contribution in [0.2, 0.25) is 0 Å². The number of rotatable bonds is 4. The molecule has 0 spiro atoms. The van der Waals surface area contributed by atoms with E-state index < -0.39 is 21.8 Å². The second-order valence-electron chi connectivity index (χ2n) is 4.12. The zero-order chi connectivity index (χ0) is 15.8. The molecule has 1 aromatic heterocycles. The average Bonchev–Trinajstić information content (AvgIpc) is 2.77. The number of hydrogen-bond acceptors (Lipinski definition) is 4. The van der Waals surface area contributed by atoms with Crippen molar-refractivity contribution in [1.82, 2.24) is 0 Å². The highest BCUT2D eigenvalue weighted by molar-refractivity contribution is 9.10. The zero-order valence-corrected chi connectivity index (χ0v) is 14.5. The number of aryl methyl sites for hydroxylation is 1. The summed E-state index contributed by atoms with van der Waals surface area (Å²) in [5.74, 6) is -1.82. The molecule has 0 amide bonds. The molecule has 2 N–H and O–H groups in total. The first-order valence-corrected chi connectivity index (χ1v) is 8.59. The van der Waals surface area contributed by atoms with E-state index >= 15 is 0 Å². The molecule has 0 radical (unpaired) electrons. The van der Waals surface area contributed by atoms with E-state index in [2.05, 4.69) is 36.6 Å². The first-order chi connectivity index (χ1) is 9.70. The van der Waals surface area contributed by atoms with Gasteiger partial charge in [0.15, 0.2) is 4.67 Å². The summed E-state index contributed by atoms with van der Waals surface area (Å²) in [6.07, 6.45) is 0. The Morgan fingerprint density at radius 1 is 1.29 bits per heavy atom. The molecule has 0 atom stereocenters.